The highest BCUT2D eigenvalue weighted by Gasteiger charge is 2.41. The zero-order valence-electron chi connectivity index (χ0n) is 11.1. The minimum Gasteiger partial charge on any atom is -0.389 e. The predicted octanol–water partition coefficient (Wildman–Crippen LogP) is -0.228. The maximum absolute atomic E-state index is 11.1. The highest BCUT2D eigenvalue weighted by Crippen LogP contribution is 2.32. The van der Waals surface area contributed by atoms with Crippen LogP contribution in [0.1, 0.15) is 12.6 Å². The van der Waals surface area contributed by atoms with Gasteiger partial charge in [-0.05, 0) is 6.07 Å². The summed E-state index contributed by atoms with van der Waals surface area (Å²) in [6.07, 6.45) is 2.16. The second kappa shape index (κ2) is 5.00. The summed E-state index contributed by atoms with van der Waals surface area (Å²) < 4.78 is 39.1. The third kappa shape index (κ3) is 2.51. The van der Waals surface area contributed by atoms with Crippen molar-refractivity contribution in [2.45, 2.75) is 25.0 Å². The molecule has 3 heterocycles. The van der Waals surface area contributed by atoms with Crippen molar-refractivity contribution >= 4 is 21.3 Å². The summed E-state index contributed by atoms with van der Waals surface area (Å²) in [7, 11) is -3.30. The van der Waals surface area contributed by atoms with Crippen molar-refractivity contribution < 1.29 is 22.8 Å². The molecular formula is C11H14N4O5S. The van der Waals surface area contributed by atoms with Crippen LogP contribution >= 0.6 is 0 Å². The van der Waals surface area contributed by atoms with Gasteiger partial charge in [0.2, 0.25) is 0 Å². The fourth-order valence-electron chi connectivity index (χ4n) is 2.40. The lowest BCUT2D eigenvalue weighted by Gasteiger charge is -2.23. The van der Waals surface area contributed by atoms with E-state index in [1.54, 1.807) is 23.0 Å². The number of aliphatic hydroxyl groups is 1. The number of fused-ring (bicyclic) bond motifs is 1. The Labute approximate surface area is 120 Å². The van der Waals surface area contributed by atoms with E-state index < -0.39 is 28.9 Å². The van der Waals surface area contributed by atoms with Gasteiger partial charge in [-0.15, -0.1) is 0 Å². The van der Waals surface area contributed by atoms with Gasteiger partial charge in [-0.3, -0.25) is 4.55 Å². The van der Waals surface area contributed by atoms with Crippen LogP contribution in [0.5, 0.6) is 0 Å². The average molecular weight is 314 g/mol. The summed E-state index contributed by atoms with van der Waals surface area (Å²) in [6.45, 7) is 0. The van der Waals surface area contributed by atoms with Gasteiger partial charge >= 0.3 is 10.3 Å². The Kier molecular flexibility index (Phi) is 3.42. The molecule has 3 atom stereocenters. The van der Waals surface area contributed by atoms with E-state index in [9.17, 15) is 13.5 Å². The number of ether oxygens (including phenoxy) is 1. The van der Waals surface area contributed by atoms with Gasteiger partial charge in [0, 0.05) is 31.2 Å². The highest BCUT2D eigenvalue weighted by molar-refractivity contribution is 7.83. The molecule has 2 aromatic heterocycles. The number of nitrogens with zero attached hydrogens (tertiary/aromatic N) is 4. The summed E-state index contributed by atoms with van der Waals surface area (Å²) in [5.74, 6) is 0. The Hall–Kier alpha value is -1.59. The molecule has 0 bridgehead atoms. The summed E-state index contributed by atoms with van der Waals surface area (Å²) >= 11 is 0. The lowest BCUT2D eigenvalue weighted by Crippen LogP contribution is -2.42. The zero-order valence-corrected chi connectivity index (χ0v) is 11.9. The standard InChI is InChI=1S/C11H14N4O5S/c1-14(21(17,18)19)11-8(16)4-9(20-11)15-3-2-7-5-12-6-13-10(7)15/h2-3,5-6,8-9,11,16H,4H2,1H3,(H,17,18,19)/t8-,9+,11+/m0/s1. The van der Waals surface area contributed by atoms with Crippen molar-refractivity contribution in [1.29, 1.82) is 0 Å². The Morgan fingerprint density at radius 2 is 2.29 bits per heavy atom. The zero-order chi connectivity index (χ0) is 15.2. The molecule has 0 unspecified atom stereocenters. The van der Waals surface area contributed by atoms with E-state index in [2.05, 4.69) is 9.97 Å². The summed E-state index contributed by atoms with van der Waals surface area (Å²) in [4.78, 5) is 8.05. The molecule has 1 aliphatic rings. The number of aliphatic hydroxyl groups excluding tert-OH is 1. The fourth-order valence-corrected chi connectivity index (χ4v) is 2.85. The number of rotatable bonds is 3. The van der Waals surface area contributed by atoms with Gasteiger partial charge in [0.25, 0.3) is 0 Å². The molecule has 0 spiro atoms. The van der Waals surface area contributed by atoms with E-state index in [1.807, 2.05) is 0 Å². The minimum atomic E-state index is -4.44. The summed E-state index contributed by atoms with van der Waals surface area (Å²) in [5, 5.41) is 10.8. The lowest BCUT2D eigenvalue weighted by molar-refractivity contribution is -0.0685. The van der Waals surface area contributed by atoms with Crippen LogP contribution in [-0.2, 0) is 15.0 Å². The van der Waals surface area contributed by atoms with Gasteiger partial charge in [0.15, 0.2) is 6.23 Å². The molecule has 0 amide bonds. The minimum absolute atomic E-state index is 0.179. The van der Waals surface area contributed by atoms with Crippen molar-refractivity contribution in [3.63, 3.8) is 0 Å². The molecule has 2 N–H and O–H groups in total. The van der Waals surface area contributed by atoms with E-state index in [-0.39, 0.29) is 6.42 Å². The van der Waals surface area contributed by atoms with Crippen LogP contribution in [0.2, 0.25) is 0 Å². The molecule has 1 saturated heterocycles. The fraction of sp³-hybridized carbons (Fsp3) is 0.455. The molecular weight excluding hydrogens is 300 g/mol. The lowest BCUT2D eigenvalue weighted by atomic mass is 10.2. The van der Waals surface area contributed by atoms with E-state index in [0.717, 1.165) is 12.4 Å². The van der Waals surface area contributed by atoms with Crippen LogP contribution in [-0.4, -0.2) is 56.3 Å². The van der Waals surface area contributed by atoms with Gasteiger partial charge < -0.3 is 14.4 Å². The molecule has 1 fully saturated rings. The van der Waals surface area contributed by atoms with Gasteiger partial charge in [-0.1, -0.05) is 0 Å². The maximum Gasteiger partial charge on any atom is 0.337 e. The summed E-state index contributed by atoms with van der Waals surface area (Å²) in [5.41, 5.74) is 0.623. The maximum atomic E-state index is 11.1. The molecule has 0 aromatic carbocycles. The number of hydrogen-bond donors (Lipinski definition) is 2. The normalized spacial score (nSPS) is 26.8. The van der Waals surface area contributed by atoms with E-state index in [4.69, 9.17) is 9.29 Å². The molecule has 0 radical (unpaired) electrons. The van der Waals surface area contributed by atoms with Crippen LogP contribution in [0.25, 0.3) is 11.0 Å². The molecule has 0 aliphatic carbocycles. The molecule has 0 saturated carbocycles. The third-order valence-electron chi connectivity index (χ3n) is 3.48. The average Bonchev–Trinajstić information content (AvgIpc) is 3.00. The number of aromatic nitrogens is 3. The first-order valence-corrected chi connectivity index (χ1v) is 7.58. The first kappa shape index (κ1) is 14.4. The highest BCUT2D eigenvalue weighted by atomic mass is 32.2. The molecule has 2 aromatic rings. The molecule has 3 rings (SSSR count). The third-order valence-corrected chi connectivity index (χ3v) is 4.41. The van der Waals surface area contributed by atoms with Crippen LogP contribution in [0, 0.1) is 0 Å². The second-order valence-electron chi connectivity index (χ2n) is 4.80. The largest absolute Gasteiger partial charge is 0.389 e. The molecule has 114 valence electrons. The topological polar surface area (TPSA) is 118 Å². The van der Waals surface area contributed by atoms with Gasteiger partial charge in [0.05, 0.1) is 6.10 Å². The molecule has 9 nitrogen and oxygen atoms in total. The Balaban J connectivity index is 1.89. The number of likely N-dealkylation sites (N-methyl/N-ethyl adjacent to an activating group) is 1. The van der Waals surface area contributed by atoms with Gasteiger partial charge in [0.1, 0.15) is 18.2 Å². The van der Waals surface area contributed by atoms with Crippen LogP contribution < -0.4 is 0 Å². The first-order chi connectivity index (χ1) is 9.88. The van der Waals surface area contributed by atoms with Crippen molar-refractivity contribution in [2.24, 2.45) is 0 Å². The molecule has 10 heteroatoms. The SMILES string of the molecule is CN([C@@H]1O[C@@H](n2ccc3cncnc32)C[C@@H]1O)S(=O)(=O)O. The van der Waals surface area contributed by atoms with E-state index in [1.165, 1.54) is 6.33 Å². The van der Waals surface area contributed by atoms with Crippen molar-refractivity contribution in [3.8, 4) is 0 Å². The summed E-state index contributed by atoms with van der Waals surface area (Å²) in [6, 6.07) is 1.80. The quantitative estimate of drug-likeness (QED) is 0.751. The Morgan fingerprint density at radius 3 is 3.00 bits per heavy atom. The van der Waals surface area contributed by atoms with Crippen molar-refractivity contribution in [2.75, 3.05) is 7.05 Å². The smallest absolute Gasteiger partial charge is 0.337 e. The van der Waals surface area contributed by atoms with Crippen LogP contribution in [0.15, 0.2) is 24.8 Å². The predicted molar refractivity (Wildman–Crippen MR) is 71.4 cm³/mol. The first-order valence-electron chi connectivity index (χ1n) is 6.18. The Bertz CT molecular complexity index is 761. The Morgan fingerprint density at radius 1 is 1.52 bits per heavy atom. The van der Waals surface area contributed by atoms with Crippen LogP contribution in [0.4, 0.5) is 0 Å². The monoisotopic (exact) mass is 314 g/mol. The second-order valence-corrected chi connectivity index (χ2v) is 6.27. The number of hydrogen-bond acceptors (Lipinski definition) is 6. The van der Waals surface area contributed by atoms with E-state index >= 15 is 0 Å². The van der Waals surface area contributed by atoms with Crippen molar-refractivity contribution in [1.82, 2.24) is 18.8 Å². The van der Waals surface area contributed by atoms with Gasteiger partial charge in [-0.25, -0.2) is 9.97 Å². The molecule has 21 heavy (non-hydrogen) atoms. The van der Waals surface area contributed by atoms with E-state index in [0.29, 0.717) is 9.95 Å². The van der Waals surface area contributed by atoms with Crippen molar-refractivity contribution in [3.05, 3.63) is 24.8 Å². The van der Waals surface area contributed by atoms with Crippen LogP contribution in [0.3, 0.4) is 0 Å². The molecule has 1 aliphatic heterocycles. The van der Waals surface area contributed by atoms with Gasteiger partial charge in [-0.2, -0.15) is 12.7 Å².